The van der Waals surface area contributed by atoms with Gasteiger partial charge in [0.25, 0.3) is 5.91 Å². The van der Waals surface area contributed by atoms with Crippen LogP contribution in [0.5, 0.6) is 5.75 Å². The highest BCUT2D eigenvalue weighted by Gasteiger charge is 2.08. The van der Waals surface area contributed by atoms with Crippen LogP contribution >= 0.6 is 0 Å². The number of nitriles is 1. The number of benzene rings is 2. The summed E-state index contributed by atoms with van der Waals surface area (Å²) in [4.78, 5) is 23.3. The van der Waals surface area contributed by atoms with E-state index in [-0.39, 0.29) is 6.61 Å². The van der Waals surface area contributed by atoms with E-state index in [0.717, 1.165) is 17.5 Å². The molecule has 0 unspecified atom stereocenters. The van der Waals surface area contributed by atoms with Crippen LogP contribution < -0.4 is 15.4 Å². The van der Waals surface area contributed by atoms with E-state index in [0.29, 0.717) is 23.8 Å². The number of amides is 3. The number of nitrogens with zero attached hydrogens (tertiary/aromatic N) is 1. The number of ether oxygens (including phenoxy) is 1. The molecule has 0 aliphatic rings. The Morgan fingerprint density at radius 1 is 1.04 bits per heavy atom. The van der Waals surface area contributed by atoms with Gasteiger partial charge in [0.05, 0.1) is 11.6 Å². The van der Waals surface area contributed by atoms with Crippen molar-refractivity contribution < 1.29 is 14.3 Å². The van der Waals surface area contributed by atoms with Crippen LogP contribution in [0.15, 0.2) is 48.5 Å². The molecule has 0 radical (unpaired) electrons. The number of hydrogen-bond acceptors (Lipinski definition) is 4. The van der Waals surface area contributed by atoms with E-state index in [1.807, 2.05) is 24.3 Å². The van der Waals surface area contributed by atoms with Gasteiger partial charge in [0.2, 0.25) is 0 Å². The zero-order chi connectivity index (χ0) is 19.6. The molecule has 6 heteroatoms. The maximum atomic E-state index is 11.7. The van der Waals surface area contributed by atoms with Gasteiger partial charge >= 0.3 is 6.03 Å². The summed E-state index contributed by atoms with van der Waals surface area (Å²) in [5.41, 5.74) is 2.56. The molecule has 2 N–H and O–H groups in total. The first-order valence-electron chi connectivity index (χ1n) is 8.79. The summed E-state index contributed by atoms with van der Waals surface area (Å²) in [7, 11) is 0. The molecule has 0 aromatic heterocycles. The SMILES string of the molecule is CC(C)CCNC(=O)NC(=O)COc1ccc(-c2ccc(C#N)cc2)cc1. The molecule has 0 aliphatic carbocycles. The molecule has 2 rings (SSSR count). The van der Waals surface area contributed by atoms with Gasteiger partial charge in [-0.3, -0.25) is 10.1 Å². The highest BCUT2D eigenvalue weighted by Crippen LogP contribution is 2.22. The van der Waals surface area contributed by atoms with Gasteiger partial charge in [0.15, 0.2) is 6.61 Å². The number of nitrogens with one attached hydrogen (secondary N) is 2. The Balaban J connectivity index is 1.79. The summed E-state index contributed by atoms with van der Waals surface area (Å²) in [5.74, 6) is 0.507. The molecule has 0 heterocycles. The fourth-order valence-electron chi connectivity index (χ4n) is 2.31. The third-order valence-corrected chi connectivity index (χ3v) is 3.83. The summed E-state index contributed by atoms with van der Waals surface area (Å²) in [6.07, 6.45) is 0.851. The highest BCUT2D eigenvalue weighted by molar-refractivity contribution is 5.94. The minimum Gasteiger partial charge on any atom is -0.484 e. The molecule has 6 nitrogen and oxygen atoms in total. The van der Waals surface area contributed by atoms with E-state index >= 15 is 0 Å². The fraction of sp³-hybridized carbons (Fsp3) is 0.286. The molecular weight excluding hydrogens is 342 g/mol. The molecule has 0 spiro atoms. The molecule has 3 amide bonds. The number of rotatable bonds is 7. The van der Waals surface area contributed by atoms with Gasteiger partial charge in [0, 0.05) is 6.54 Å². The Hall–Kier alpha value is -3.33. The second-order valence-electron chi connectivity index (χ2n) is 6.49. The lowest BCUT2D eigenvalue weighted by Crippen LogP contribution is -2.42. The lowest BCUT2D eigenvalue weighted by atomic mass is 10.0. The largest absolute Gasteiger partial charge is 0.484 e. The summed E-state index contributed by atoms with van der Waals surface area (Å²) in [5, 5.41) is 13.7. The Bertz CT molecular complexity index is 806. The van der Waals surface area contributed by atoms with E-state index in [1.54, 1.807) is 24.3 Å². The summed E-state index contributed by atoms with van der Waals surface area (Å²) >= 11 is 0. The average molecular weight is 365 g/mol. The first-order chi connectivity index (χ1) is 13.0. The molecule has 0 bridgehead atoms. The topological polar surface area (TPSA) is 91.2 Å². The molecule has 2 aromatic carbocycles. The Morgan fingerprint density at radius 2 is 1.63 bits per heavy atom. The third-order valence-electron chi connectivity index (χ3n) is 3.83. The van der Waals surface area contributed by atoms with Gasteiger partial charge in [0.1, 0.15) is 5.75 Å². The van der Waals surface area contributed by atoms with Gasteiger partial charge in [-0.05, 0) is 47.7 Å². The number of urea groups is 1. The number of carbonyl (C=O) groups is 2. The molecule has 27 heavy (non-hydrogen) atoms. The number of carbonyl (C=O) groups excluding carboxylic acids is 2. The standard InChI is InChI=1S/C21H23N3O3/c1-15(2)11-12-23-21(26)24-20(25)14-27-19-9-7-18(8-10-19)17-5-3-16(13-22)4-6-17/h3-10,15H,11-12,14H2,1-2H3,(H2,23,24,25,26). The van der Waals surface area contributed by atoms with Crippen LogP contribution in [0.3, 0.4) is 0 Å². The zero-order valence-electron chi connectivity index (χ0n) is 15.5. The summed E-state index contributed by atoms with van der Waals surface area (Å²) in [6.45, 7) is 4.40. The molecule has 0 atom stereocenters. The van der Waals surface area contributed by atoms with Crippen LogP contribution in [0, 0.1) is 17.2 Å². The summed E-state index contributed by atoms with van der Waals surface area (Å²) in [6, 6.07) is 16.1. The average Bonchev–Trinajstić information content (AvgIpc) is 2.66. The maximum Gasteiger partial charge on any atom is 0.321 e. The minimum absolute atomic E-state index is 0.242. The zero-order valence-corrected chi connectivity index (χ0v) is 15.5. The maximum absolute atomic E-state index is 11.7. The van der Waals surface area contributed by atoms with Gasteiger partial charge in [-0.15, -0.1) is 0 Å². The van der Waals surface area contributed by atoms with Crippen molar-refractivity contribution in [2.45, 2.75) is 20.3 Å². The van der Waals surface area contributed by atoms with Gasteiger partial charge in [-0.1, -0.05) is 38.1 Å². The molecule has 0 fully saturated rings. The van der Waals surface area contributed by atoms with Crippen LogP contribution in [0.1, 0.15) is 25.8 Å². The van der Waals surface area contributed by atoms with Crippen molar-refractivity contribution in [3.8, 4) is 22.9 Å². The van der Waals surface area contributed by atoms with E-state index in [4.69, 9.17) is 10.00 Å². The van der Waals surface area contributed by atoms with Crippen LogP contribution in [0.25, 0.3) is 11.1 Å². The molecule has 0 saturated heterocycles. The van der Waals surface area contributed by atoms with Crippen LogP contribution in [0.4, 0.5) is 4.79 Å². The van der Waals surface area contributed by atoms with Crippen LogP contribution in [-0.2, 0) is 4.79 Å². The van der Waals surface area contributed by atoms with Crippen molar-refractivity contribution in [1.29, 1.82) is 5.26 Å². The molecule has 0 aliphatic heterocycles. The third kappa shape index (κ3) is 6.83. The Labute approximate surface area is 159 Å². The van der Waals surface area contributed by atoms with Crippen molar-refractivity contribution in [3.63, 3.8) is 0 Å². The molecule has 140 valence electrons. The Morgan fingerprint density at radius 3 is 2.19 bits per heavy atom. The van der Waals surface area contributed by atoms with Crippen molar-refractivity contribution >= 4 is 11.9 Å². The smallest absolute Gasteiger partial charge is 0.321 e. The van der Waals surface area contributed by atoms with Gasteiger partial charge < -0.3 is 10.1 Å². The van der Waals surface area contributed by atoms with E-state index in [1.165, 1.54) is 0 Å². The van der Waals surface area contributed by atoms with Crippen LogP contribution in [-0.4, -0.2) is 25.1 Å². The molecule has 0 saturated carbocycles. The predicted octanol–water partition coefficient (Wildman–Crippen LogP) is 3.48. The molecule has 2 aromatic rings. The lowest BCUT2D eigenvalue weighted by molar-refractivity contribution is -0.122. The second kappa shape index (κ2) is 9.97. The van der Waals surface area contributed by atoms with E-state index in [9.17, 15) is 9.59 Å². The van der Waals surface area contributed by atoms with E-state index in [2.05, 4.69) is 30.6 Å². The predicted molar refractivity (Wildman–Crippen MR) is 103 cm³/mol. The number of hydrogen-bond donors (Lipinski definition) is 2. The quantitative estimate of drug-likeness (QED) is 0.786. The highest BCUT2D eigenvalue weighted by atomic mass is 16.5. The fourth-order valence-corrected chi connectivity index (χ4v) is 2.31. The Kier molecular flexibility index (Phi) is 7.38. The second-order valence-corrected chi connectivity index (χ2v) is 6.49. The monoisotopic (exact) mass is 365 g/mol. The first kappa shape index (κ1) is 20.0. The van der Waals surface area contributed by atoms with Gasteiger partial charge in [-0.25, -0.2) is 4.79 Å². The van der Waals surface area contributed by atoms with E-state index < -0.39 is 11.9 Å². The normalized spacial score (nSPS) is 10.1. The molecular formula is C21H23N3O3. The number of imide groups is 1. The lowest BCUT2D eigenvalue weighted by Gasteiger charge is -2.09. The first-order valence-corrected chi connectivity index (χ1v) is 8.79. The van der Waals surface area contributed by atoms with Crippen LogP contribution in [0.2, 0.25) is 0 Å². The van der Waals surface area contributed by atoms with Crippen molar-refractivity contribution in [1.82, 2.24) is 10.6 Å². The van der Waals surface area contributed by atoms with Crippen molar-refractivity contribution in [3.05, 3.63) is 54.1 Å². The van der Waals surface area contributed by atoms with Crippen molar-refractivity contribution in [2.75, 3.05) is 13.2 Å². The van der Waals surface area contributed by atoms with Crippen molar-refractivity contribution in [2.24, 2.45) is 5.92 Å². The minimum atomic E-state index is -0.514. The van der Waals surface area contributed by atoms with Gasteiger partial charge in [-0.2, -0.15) is 5.26 Å². The summed E-state index contributed by atoms with van der Waals surface area (Å²) < 4.78 is 5.40.